The van der Waals surface area contributed by atoms with Gasteiger partial charge in [-0.05, 0) is 79.3 Å². The summed E-state index contributed by atoms with van der Waals surface area (Å²) in [5.74, 6) is -1.86. The molecule has 1 aliphatic carbocycles. The zero-order valence-corrected chi connectivity index (χ0v) is 24.7. The lowest BCUT2D eigenvalue weighted by Gasteiger charge is -2.39. The first kappa shape index (κ1) is 33.6. The molecule has 15 heteroatoms. The van der Waals surface area contributed by atoms with Gasteiger partial charge in [-0.3, -0.25) is 9.10 Å². The Balaban J connectivity index is 1.49. The summed E-state index contributed by atoms with van der Waals surface area (Å²) in [6.07, 6.45) is -11.0. The first-order valence-corrected chi connectivity index (χ1v) is 15.7. The average Bonchev–Trinajstić information content (AvgIpc) is 3.43. The SMILES string of the molecule is O=C(C[C@@H]1CCc2cc(C(O)(C(F)(F)F)C(F)(F)F)ccc2N1S(=O)(=O)c1ccc(F)cc1)N[C@@H]1CCC[C@H]1c1ccc(F)cc1. The normalized spacial score (nSPS) is 20.8. The highest BCUT2D eigenvalue weighted by atomic mass is 32.2. The van der Waals surface area contributed by atoms with Crippen LogP contribution in [0.5, 0.6) is 0 Å². The van der Waals surface area contributed by atoms with E-state index in [0.717, 1.165) is 46.6 Å². The molecule has 2 aliphatic rings. The van der Waals surface area contributed by atoms with E-state index >= 15 is 0 Å². The van der Waals surface area contributed by atoms with Crippen LogP contribution in [0.4, 0.5) is 40.8 Å². The predicted molar refractivity (Wildman–Crippen MR) is 150 cm³/mol. The number of rotatable bonds is 7. The molecule has 5 rings (SSSR count). The first-order chi connectivity index (χ1) is 21.4. The number of amides is 1. The summed E-state index contributed by atoms with van der Waals surface area (Å²) in [6, 6.07) is 9.55. The molecule has 0 aromatic heterocycles. The highest BCUT2D eigenvalue weighted by Crippen LogP contribution is 2.51. The fourth-order valence-electron chi connectivity index (χ4n) is 6.30. The highest BCUT2D eigenvalue weighted by molar-refractivity contribution is 7.92. The van der Waals surface area contributed by atoms with Crippen LogP contribution in [0.3, 0.4) is 0 Å². The second kappa shape index (κ2) is 12.1. The molecule has 3 atom stereocenters. The van der Waals surface area contributed by atoms with Crippen molar-refractivity contribution in [3.8, 4) is 0 Å². The van der Waals surface area contributed by atoms with Crippen molar-refractivity contribution in [2.75, 3.05) is 4.31 Å². The van der Waals surface area contributed by atoms with E-state index in [1.165, 1.54) is 12.1 Å². The molecule has 46 heavy (non-hydrogen) atoms. The second-order valence-electron chi connectivity index (χ2n) is 11.5. The van der Waals surface area contributed by atoms with Gasteiger partial charge in [0.25, 0.3) is 15.6 Å². The van der Waals surface area contributed by atoms with Crippen molar-refractivity contribution in [2.45, 2.75) is 79.4 Å². The minimum absolute atomic E-state index is 0.130. The van der Waals surface area contributed by atoms with E-state index in [4.69, 9.17) is 0 Å². The van der Waals surface area contributed by atoms with Crippen LogP contribution in [0.15, 0.2) is 71.6 Å². The number of alkyl halides is 6. The Morgan fingerprint density at radius 2 is 1.43 bits per heavy atom. The number of carbonyl (C=O) groups is 1. The lowest BCUT2D eigenvalue weighted by atomic mass is 9.87. The summed E-state index contributed by atoms with van der Waals surface area (Å²) >= 11 is 0. The van der Waals surface area contributed by atoms with Crippen LogP contribution in [-0.2, 0) is 26.8 Å². The van der Waals surface area contributed by atoms with Gasteiger partial charge in [-0.15, -0.1) is 0 Å². The van der Waals surface area contributed by atoms with Crippen molar-refractivity contribution in [1.29, 1.82) is 0 Å². The molecule has 1 heterocycles. The van der Waals surface area contributed by atoms with Gasteiger partial charge in [-0.1, -0.05) is 30.7 Å². The number of aryl methyl sites for hydroxylation is 1. The Morgan fingerprint density at radius 3 is 2.02 bits per heavy atom. The second-order valence-corrected chi connectivity index (χ2v) is 13.3. The molecule has 3 aromatic rings. The van der Waals surface area contributed by atoms with E-state index in [-0.39, 0.29) is 36.1 Å². The molecule has 1 aliphatic heterocycles. The molecular weight excluding hydrogens is 648 g/mol. The third-order valence-corrected chi connectivity index (χ3v) is 10.5. The monoisotopic (exact) mass is 676 g/mol. The van der Waals surface area contributed by atoms with Crippen LogP contribution in [0.25, 0.3) is 0 Å². The zero-order valence-electron chi connectivity index (χ0n) is 23.9. The van der Waals surface area contributed by atoms with Crippen molar-refractivity contribution in [3.63, 3.8) is 0 Å². The van der Waals surface area contributed by atoms with Gasteiger partial charge in [0.15, 0.2) is 0 Å². The van der Waals surface area contributed by atoms with Crippen LogP contribution in [0.2, 0.25) is 0 Å². The number of hydrogen-bond donors (Lipinski definition) is 2. The van der Waals surface area contributed by atoms with Crippen LogP contribution >= 0.6 is 0 Å². The maximum absolute atomic E-state index is 13.9. The van der Waals surface area contributed by atoms with Crippen molar-refractivity contribution in [3.05, 3.63) is 95.1 Å². The van der Waals surface area contributed by atoms with Crippen LogP contribution in [0.1, 0.15) is 54.7 Å². The van der Waals surface area contributed by atoms with Crippen LogP contribution < -0.4 is 9.62 Å². The Labute approximate surface area is 259 Å². The van der Waals surface area contributed by atoms with Crippen molar-refractivity contribution < 1.29 is 53.4 Å². The number of nitrogens with zero attached hydrogens (tertiary/aromatic N) is 1. The molecule has 0 bridgehead atoms. The summed E-state index contributed by atoms with van der Waals surface area (Å²) in [7, 11) is -4.63. The molecule has 0 saturated heterocycles. The van der Waals surface area contributed by atoms with Crippen molar-refractivity contribution in [1.82, 2.24) is 5.32 Å². The van der Waals surface area contributed by atoms with Crippen molar-refractivity contribution >= 4 is 21.6 Å². The lowest BCUT2D eigenvalue weighted by molar-refractivity contribution is -0.376. The standard InChI is InChI=1S/C31H28F8N2O4S/c32-21-8-4-18(5-9-21)25-2-1-3-26(25)40-28(42)17-23-12-6-19-16-20(29(43,30(34,35)36)31(37,38)39)7-15-27(19)41(23)46(44,45)24-13-10-22(33)11-14-24/h4-5,7-11,13-16,23,25-26,43H,1-3,6,12,17H2,(H,40,42)/t23-,25-,26+/m0/s1. The van der Waals surface area contributed by atoms with E-state index in [2.05, 4.69) is 5.32 Å². The quantitative estimate of drug-likeness (QED) is 0.275. The fraction of sp³-hybridized carbons (Fsp3) is 0.387. The van der Waals surface area contributed by atoms with E-state index in [9.17, 15) is 53.4 Å². The third kappa shape index (κ3) is 6.18. The Morgan fingerprint density at radius 1 is 0.848 bits per heavy atom. The van der Waals surface area contributed by atoms with Crippen LogP contribution in [0, 0.1) is 11.6 Å². The smallest absolute Gasteiger partial charge is 0.369 e. The van der Waals surface area contributed by atoms with E-state index in [1.807, 2.05) is 0 Å². The number of carbonyl (C=O) groups excluding carboxylic acids is 1. The third-order valence-electron chi connectivity index (χ3n) is 8.59. The number of sulfonamides is 1. The molecule has 1 amide bonds. The molecule has 0 spiro atoms. The van der Waals surface area contributed by atoms with Gasteiger partial charge < -0.3 is 10.4 Å². The molecule has 0 radical (unpaired) electrons. The maximum atomic E-state index is 13.9. The Hall–Kier alpha value is -3.72. The van der Waals surface area contributed by atoms with Gasteiger partial charge in [0.05, 0.1) is 16.6 Å². The number of nitrogens with one attached hydrogen (secondary N) is 1. The van der Waals surface area contributed by atoms with E-state index < -0.39 is 68.4 Å². The average molecular weight is 677 g/mol. The summed E-state index contributed by atoms with van der Waals surface area (Å²) < 4.78 is 137. The predicted octanol–water partition coefficient (Wildman–Crippen LogP) is 6.63. The molecule has 248 valence electrons. The maximum Gasteiger partial charge on any atom is 0.430 e. The topological polar surface area (TPSA) is 86.7 Å². The number of benzene rings is 3. The van der Waals surface area contributed by atoms with Gasteiger partial charge in [0.1, 0.15) is 11.6 Å². The Bertz CT molecular complexity index is 1680. The number of fused-ring (bicyclic) bond motifs is 1. The highest BCUT2D eigenvalue weighted by Gasteiger charge is 2.71. The van der Waals surface area contributed by atoms with Gasteiger partial charge in [-0.2, -0.15) is 26.3 Å². The molecular formula is C31H28F8N2O4S. The fourth-order valence-corrected chi connectivity index (χ4v) is 8.02. The minimum atomic E-state index is -6.15. The summed E-state index contributed by atoms with van der Waals surface area (Å²) in [4.78, 5) is 12.9. The molecule has 2 N–H and O–H groups in total. The number of anilines is 1. The molecule has 3 aromatic carbocycles. The number of hydrogen-bond acceptors (Lipinski definition) is 4. The molecule has 6 nitrogen and oxygen atoms in total. The summed E-state index contributed by atoms with van der Waals surface area (Å²) in [5, 5.41) is 12.8. The van der Waals surface area contributed by atoms with E-state index in [0.29, 0.717) is 25.0 Å². The van der Waals surface area contributed by atoms with Gasteiger partial charge in [0, 0.05) is 23.9 Å². The Kier molecular flexibility index (Phi) is 8.88. The summed E-state index contributed by atoms with van der Waals surface area (Å²) in [6.45, 7) is 0. The summed E-state index contributed by atoms with van der Waals surface area (Å²) in [5.41, 5.74) is -6.48. The van der Waals surface area contributed by atoms with Crippen LogP contribution in [-0.4, -0.2) is 43.9 Å². The number of halogens is 8. The minimum Gasteiger partial charge on any atom is -0.369 e. The first-order valence-electron chi connectivity index (χ1n) is 14.3. The van der Waals surface area contributed by atoms with E-state index in [1.54, 1.807) is 12.1 Å². The van der Waals surface area contributed by atoms with Gasteiger partial charge in [0.2, 0.25) is 5.91 Å². The number of aliphatic hydroxyl groups is 1. The largest absolute Gasteiger partial charge is 0.430 e. The molecule has 1 saturated carbocycles. The van der Waals surface area contributed by atoms with Crippen molar-refractivity contribution in [2.24, 2.45) is 0 Å². The van der Waals surface area contributed by atoms with Gasteiger partial charge >= 0.3 is 12.4 Å². The molecule has 0 unspecified atom stereocenters. The van der Waals surface area contributed by atoms with Gasteiger partial charge in [-0.25, -0.2) is 17.2 Å². The zero-order chi connectivity index (χ0) is 33.7. The molecule has 1 fully saturated rings. The lowest BCUT2D eigenvalue weighted by Crippen LogP contribution is -2.54.